The number of carbonyl (C=O) groups is 2. The van der Waals surface area contributed by atoms with Crippen molar-refractivity contribution >= 4 is 11.9 Å². The number of benzene rings is 2. The lowest BCUT2D eigenvalue weighted by Crippen LogP contribution is -2.32. The quantitative estimate of drug-likeness (QED) is 0.471. The van der Waals surface area contributed by atoms with Gasteiger partial charge in [-0.05, 0) is 35.4 Å². The van der Waals surface area contributed by atoms with Crippen LogP contribution >= 0.6 is 0 Å². The summed E-state index contributed by atoms with van der Waals surface area (Å²) in [6, 6.07) is 10.2. The number of nitrogens with one attached hydrogen (secondary N) is 1. The van der Waals surface area contributed by atoms with Crippen LogP contribution in [0.2, 0.25) is 0 Å². The Morgan fingerprint density at radius 3 is 1.83 bits per heavy atom. The highest BCUT2D eigenvalue weighted by atomic mass is 19.1. The SMILES string of the molecule is COC(C(=O)NC(c1ccc(F)cc1)c1ccc(F)cc1)=C1OC(C)(C)OC1=O. The summed E-state index contributed by atoms with van der Waals surface area (Å²) in [6.07, 6.45) is 0. The maximum Gasteiger partial charge on any atom is 0.381 e. The van der Waals surface area contributed by atoms with Gasteiger partial charge < -0.3 is 19.5 Å². The highest BCUT2D eigenvalue weighted by Crippen LogP contribution is 2.30. The van der Waals surface area contributed by atoms with Crippen molar-refractivity contribution in [1.82, 2.24) is 5.32 Å². The van der Waals surface area contributed by atoms with Crippen LogP contribution in [-0.2, 0) is 23.8 Å². The molecule has 6 nitrogen and oxygen atoms in total. The van der Waals surface area contributed by atoms with E-state index in [4.69, 9.17) is 14.2 Å². The van der Waals surface area contributed by atoms with Crippen molar-refractivity contribution in [3.8, 4) is 0 Å². The van der Waals surface area contributed by atoms with Gasteiger partial charge in [-0.1, -0.05) is 24.3 Å². The summed E-state index contributed by atoms with van der Waals surface area (Å²) in [7, 11) is 1.22. The third-order valence-corrected chi connectivity index (χ3v) is 4.17. The maximum atomic E-state index is 13.3. The predicted octanol–water partition coefficient (Wildman–Crippen LogP) is 3.34. The molecule has 0 bridgehead atoms. The van der Waals surface area contributed by atoms with E-state index in [0.717, 1.165) is 0 Å². The minimum atomic E-state index is -1.23. The first-order valence-corrected chi connectivity index (χ1v) is 8.72. The summed E-state index contributed by atoms with van der Waals surface area (Å²) in [4.78, 5) is 24.9. The average molecular weight is 403 g/mol. The second kappa shape index (κ2) is 7.90. The fourth-order valence-corrected chi connectivity index (χ4v) is 2.87. The van der Waals surface area contributed by atoms with E-state index in [2.05, 4.69) is 5.32 Å². The normalized spacial score (nSPS) is 16.8. The second-order valence-corrected chi connectivity index (χ2v) is 6.76. The van der Waals surface area contributed by atoms with Gasteiger partial charge in [0.1, 0.15) is 11.6 Å². The molecular formula is C21H19F2NO5. The van der Waals surface area contributed by atoms with Crippen LogP contribution < -0.4 is 5.32 Å². The number of hydrogen-bond acceptors (Lipinski definition) is 5. The van der Waals surface area contributed by atoms with Gasteiger partial charge in [-0.3, -0.25) is 4.79 Å². The van der Waals surface area contributed by atoms with Gasteiger partial charge >= 0.3 is 5.97 Å². The van der Waals surface area contributed by atoms with Gasteiger partial charge in [0.2, 0.25) is 11.5 Å². The molecule has 2 aromatic rings. The molecule has 1 amide bonds. The van der Waals surface area contributed by atoms with E-state index >= 15 is 0 Å². The summed E-state index contributed by atoms with van der Waals surface area (Å²) in [5.41, 5.74) is 1.09. The van der Waals surface area contributed by atoms with Crippen LogP contribution in [0.4, 0.5) is 8.78 Å². The van der Waals surface area contributed by atoms with Crippen LogP contribution in [0.15, 0.2) is 60.0 Å². The highest BCUT2D eigenvalue weighted by molar-refractivity contribution is 6.01. The van der Waals surface area contributed by atoms with E-state index < -0.39 is 35.3 Å². The molecule has 0 spiro atoms. The molecule has 1 N–H and O–H groups in total. The predicted molar refractivity (Wildman–Crippen MR) is 98.1 cm³/mol. The Morgan fingerprint density at radius 1 is 0.966 bits per heavy atom. The number of cyclic esters (lactones) is 1. The topological polar surface area (TPSA) is 73.9 Å². The van der Waals surface area contributed by atoms with E-state index in [0.29, 0.717) is 11.1 Å². The molecule has 0 saturated carbocycles. The van der Waals surface area contributed by atoms with Gasteiger partial charge in [0.15, 0.2) is 0 Å². The molecule has 29 heavy (non-hydrogen) atoms. The monoisotopic (exact) mass is 403 g/mol. The summed E-state index contributed by atoms with van der Waals surface area (Å²) in [5.74, 6) is -4.42. The van der Waals surface area contributed by atoms with Crippen molar-refractivity contribution < 1.29 is 32.6 Å². The summed E-state index contributed by atoms with van der Waals surface area (Å²) in [5, 5.41) is 2.71. The van der Waals surface area contributed by atoms with Gasteiger partial charge in [-0.2, -0.15) is 0 Å². The lowest BCUT2D eigenvalue weighted by atomic mass is 9.98. The Kier molecular flexibility index (Phi) is 5.54. The molecule has 0 unspecified atom stereocenters. The number of rotatable bonds is 5. The first kappa shape index (κ1) is 20.3. The third-order valence-electron chi connectivity index (χ3n) is 4.17. The Hall–Kier alpha value is -3.42. The maximum absolute atomic E-state index is 13.3. The number of ether oxygens (including phenoxy) is 3. The smallest absolute Gasteiger partial charge is 0.381 e. The van der Waals surface area contributed by atoms with E-state index in [-0.39, 0.29) is 11.5 Å². The molecule has 1 fully saturated rings. The van der Waals surface area contributed by atoms with Gasteiger partial charge in [0, 0.05) is 13.8 Å². The molecule has 8 heteroatoms. The minimum absolute atomic E-state index is 0.355. The Morgan fingerprint density at radius 2 is 1.45 bits per heavy atom. The summed E-state index contributed by atoms with van der Waals surface area (Å²) in [6.45, 7) is 3.03. The van der Waals surface area contributed by atoms with E-state index in [1.54, 1.807) is 0 Å². The molecule has 152 valence electrons. The Labute approximate surface area is 166 Å². The van der Waals surface area contributed by atoms with Crippen molar-refractivity contribution in [1.29, 1.82) is 0 Å². The zero-order valence-corrected chi connectivity index (χ0v) is 16.0. The van der Waals surface area contributed by atoms with Crippen molar-refractivity contribution in [3.05, 3.63) is 82.8 Å². The van der Waals surface area contributed by atoms with Gasteiger partial charge in [-0.15, -0.1) is 0 Å². The molecule has 1 aliphatic heterocycles. The number of carbonyl (C=O) groups excluding carboxylic acids is 2. The minimum Gasteiger partial charge on any atom is -0.488 e. The van der Waals surface area contributed by atoms with Gasteiger partial charge in [0.05, 0.1) is 13.2 Å². The lowest BCUT2D eigenvalue weighted by molar-refractivity contribution is -0.159. The number of hydrogen-bond donors (Lipinski definition) is 1. The number of amides is 1. The van der Waals surface area contributed by atoms with Crippen molar-refractivity contribution in [2.24, 2.45) is 0 Å². The van der Waals surface area contributed by atoms with Crippen LogP contribution in [0.5, 0.6) is 0 Å². The third kappa shape index (κ3) is 4.53. The number of halogens is 2. The number of methoxy groups -OCH3 is 1. The van der Waals surface area contributed by atoms with Crippen molar-refractivity contribution in [2.45, 2.75) is 25.7 Å². The Bertz CT molecular complexity index is 907. The molecule has 2 aromatic carbocycles. The van der Waals surface area contributed by atoms with E-state index in [1.165, 1.54) is 69.5 Å². The summed E-state index contributed by atoms with van der Waals surface area (Å²) < 4.78 is 42.2. The van der Waals surface area contributed by atoms with Crippen LogP contribution in [0.1, 0.15) is 31.0 Å². The zero-order valence-electron chi connectivity index (χ0n) is 16.0. The standard InChI is InChI=1S/C21H19F2NO5/c1-21(2)28-18(20(26)29-21)17(27-3)19(25)24-16(12-4-8-14(22)9-5-12)13-6-10-15(23)11-7-13/h4-11,16H,1-3H3,(H,24,25). The van der Waals surface area contributed by atoms with Crippen LogP contribution in [0.3, 0.4) is 0 Å². The molecule has 1 heterocycles. The largest absolute Gasteiger partial charge is 0.488 e. The van der Waals surface area contributed by atoms with Gasteiger partial charge in [0.25, 0.3) is 11.7 Å². The van der Waals surface area contributed by atoms with Crippen LogP contribution in [0, 0.1) is 11.6 Å². The van der Waals surface area contributed by atoms with E-state index in [9.17, 15) is 18.4 Å². The second-order valence-electron chi connectivity index (χ2n) is 6.76. The fraction of sp³-hybridized carbons (Fsp3) is 0.238. The Balaban J connectivity index is 1.96. The fourth-order valence-electron chi connectivity index (χ4n) is 2.87. The first-order valence-electron chi connectivity index (χ1n) is 8.72. The first-order chi connectivity index (χ1) is 13.7. The zero-order chi connectivity index (χ0) is 21.2. The number of esters is 1. The van der Waals surface area contributed by atoms with E-state index in [1.807, 2.05) is 0 Å². The van der Waals surface area contributed by atoms with Crippen LogP contribution in [-0.4, -0.2) is 24.8 Å². The molecule has 0 atom stereocenters. The molecule has 0 aliphatic carbocycles. The molecular weight excluding hydrogens is 384 g/mol. The van der Waals surface area contributed by atoms with Crippen LogP contribution in [0.25, 0.3) is 0 Å². The average Bonchev–Trinajstić information content (AvgIpc) is 2.94. The lowest BCUT2D eigenvalue weighted by Gasteiger charge is -2.21. The molecule has 3 rings (SSSR count). The molecule has 0 aromatic heterocycles. The van der Waals surface area contributed by atoms with Crippen molar-refractivity contribution in [3.63, 3.8) is 0 Å². The highest BCUT2D eigenvalue weighted by Gasteiger charge is 2.42. The molecule has 0 radical (unpaired) electrons. The molecule has 1 saturated heterocycles. The van der Waals surface area contributed by atoms with Crippen molar-refractivity contribution in [2.75, 3.05) is 7.11 Å². The molecule has 1 aliphatic rings. The summed E-state index contributed by atoms with van der Waals surface area (Å²) >= 11 is 0. The van der Waals surface area contributed by atoms with Gasteiger partial charge in [-0.25, -0.2) is 13.6 Å².